The van der Waals surface area contributed by atoms with Crippen molar-refractivity contribution in [2.45, 2.75) is 31.8 Å². The standard InChI is InChI=1S/C13H17BrN2OS.ClH/c14-9-3-4-18-10(9)6-16-13(17)11-7-1-2-8(5-7)12(11)15;/h3-4,7-8,11-12H,1-2,5-6,15H2,(H,16,17);1H. The van der Waals surface area contributed by atoms with Crippen LogP contribution in [-0.2, 0) is 11.3 Å². The maximum atomic E-state index is 12.3. The van der Waals surface area contributed by atoms with Gasteiger partial charge in [-0.25, -0.2) is 0 Å². The van der Waals surface area contributed by atoms with Crippen LogP contribution >= 0.6 is 39.7 Å². The summed E-state index contributed by atoms with van der Waals surface area (Å²) in [5, 5.41) is 5.07. The summed E-state index contributed by atoms with van der Waals surface area (Å²) in [6.45, 7) is 0.609. The summed E-state index contributed by atoms with van der Waals surface area (Å²) in [5.74, 6) is 1.30. The van der Waals surface area contributed by atoms with Gasteiger partial charge in [0.25, 0.3) is 0 Å². The molecule has 0 aliphatic heterocycles. The molecule has 1 aromatic rings. The molecule has 0 aromatic carbocycles. The van der Waals surface area contributed by atoms with Crippen LogP contribution in [0.15, 0.2) is 15.9 Å². The number of fused-ring (bicyclic) bond motifs is 2. The molecule has 4 atom stereocenters. The fraction of sp³-hybridized carbons (Fsp3) is 0.615. The van der Waals surface area contributed by atoms with Gasteiger partial charge in [0.2, 0.25) is 5.91 Å². The molecule has 4 unspecified atom stereocenters. The first-order valence-electron chi connectivity index (χ1n) is 6.42. The lowest BCUT2D eigenvalue weighted by atomic mass is 9.84. The number of hydrogen-bond donors (Lipinski definition) is 2. The fourth-order valence-corrected chi connectivity index (χ4v) is 4.89. The predicted molar refractivity (Wildman–Crippen MR) is 83.4 cm³/mol. The van der Waals surface area contributed by atoms with Crippen molar-refractivity contribution in [2.75, 3.05) is 0 Å². The largest absolute Gasteiger partial charge is 0.351 e. The van der Waals surface area contributed by atoms with Gasteiger partial charge in [-0.2, -0.15) is 0 Å². The second-order valence-corrected chi connectivity index (χ2v) is 7.20. The van der Waals surface area contributed by atoms with E-state index < -0.39 is 0 Å². The van der Waals surface area contributed by atoms with Gasteiger partial charge >= 0.3 is 0 Å². The van der Waals surface area contributed by atoms with Crippen molar-refractivity contribution < 1.29 is 4.79 Å². The first kappa shape index (κ1) is 15.3. The summed E-state index contributed by atoms with van der Waals surface area (Å²) in [6.07, 6.45) is 3.55. The van der Waals surface area contributed by atoms with Gasteiger partial charge in [-0.15, -0.1) is 23.7 Å². The topological polar surface area (TPSA) is 55.1 Å². The molecule has 1 heterocycles. The highest BCUT2D eigenvalue weighted by Crippen LogP contribution is 2.47. The molecule has 0 spiro atoms. The molecule has 1 aromatic heterocycles. The van der Waals surface area contributed by atoms with Crippen LogP contribution in [0.3, 0.4) is 0 Å². The average molecular weight is 366 g/mol. The van der Waals surface area contributed by atoms with E-state index in [9.17, 15) is 4.79 Å². The molecule has 106 valence electrons. The Morgan fingerprint density at radius 2 is 2.21 bits per heavy atom. The van der Waals surface area contributed by atoms with Crippen LogP contribution in [0, 0.1) is 17.8 Å². The highest BCUT2D eigenvalue weighted by Gasteiger charge is 2.48. The summed E-state index contributed by atoms with van der Waals surface area (Å²) in [6, 6.07) is 2.09. The molecule has 19 heavy (non-hydrogen) atoms. The van der Waals surface area contributed by atoms with Crippen LogP contribution in [-0.4, -0.2) is 11.9 Å². The highest BCUT2D eigenvalue weighted by molar-refractivity contribution is 9.10. The zero-order chi connectivity index (χ0) is 12.7. The van der Waals surface area contributed by atoms with Crippen LogP contribution in [0.2, 0.25) is 0 Å². The lowest BCUT2D eigenvalue weighted by Gasteiger charge is -2.26. The number of carbonyl (C=O) groups excluding carboxylic acids is 1. The minimum absolute atomic E-state index is 0. The fourth-order valence-electron chi connectivity index (χ4n) is 3.46. The van der Waals surface area contributed by atoms with E-state index in [1.807, 2.05) is 11.4 Å². The Balaban J connectivity index is 0.00000133. The van der Waals surface area contributed by atoms with E-state index >= 15 is 0 Å². The maximum absolute atomic E-state index is 12.3. The van der Waals surface area contributed by atoms with Gasteiger partial charge in [0.1, 0.15) is 0 Å². The number of nitrogens with two attached hydrogens (primary N) is 1. The van der Waals surface area contributed by atoms with E-state index in [4.69, 9.17) is 5.73 Å². The molecule has 2 bridgehead atoms. The predicted octanol–water partition coefficient (Wildman–Crippen LogP) is 2.92. The van der Waals surface area contributed by atoms with Gasteiger partial charge in [0.15, 0.2) is 0 Å². The van der Waals surface area contributed by atoms with Gasteiger partial charge in [-0.1, -0.05) is 0 Å². The normalized spacial score (nSPS) is 32.1. The van der Waals surface area contributed by atoms with Crippen LogP contribution in [0.25, 0.3) is 0 Å². The maximum Gasteiger partial charge on any atom is 0.225 e. The van der Waals surface area contributed by atoms with Crippen LogP contribution < -0.4 is 11.1 Å². The van der Waals surface area contributed by atoms with E-state index in [0.29, 0.717) is 18.4 Å². The van der Waals surface area contributed by atoms with Crippen molar-refractivity contribution in [3.63, 3.8) is 0 Å². The monoisotopic (exact) mass is 364 g/mol. The Morgan fingerprint density at radius 3 is 2.79 bits per heavy atom. The molecule has 2 fully saturated rings. The number of halogens is 2. The zero-order valence-corrected chi connectivity index (χ0v) is 13.7. The van der Waals surface area contributed by atoms with Gasteiger partial charge in [-0.05, 0) is 58.5 Å². The van der Waals surface area contributed by atoms with Crippen molar-refractivity contribution in [1.82, 2.24) is 5.32 Å². The van der Waals surface area contributed by atoms with Crippen molar-refractivity contribution in [3.8, 4) is 0 Å². The Morgan fingerprint density at radius 1 is 1.47 bits per heavy atom. The highest BCUT2D eigenvalue weighted by atomic mass is 79.9. The molecule has 2 aliphatic rings. The third-order valence-corrected chi connectivity index (χ3v) is 6.32. The second kappa shape index (κ2) is 6.12. The molecule has 3 nitrogen and oxygen atoms in total. The van der Waals surface area contributed by atoms with Gasteiger partial charge < -0.3 is 11.1 Å². The number of carbonyl (C=O) groups is 1. The number of thiophene rings is 1. The number of nitrogens with one attached hydrogen (secondary N) is 1. The third kappa shape index (κ3) is 2.84. The van der Waals surface area contributed by atoms with Gasteiger partial charge in [0, 0.05) is 15.4 Å². The van der Waals surface area contributed by atoms with Gasteiger partial charge in [0.05, 0.1) is 12.5 Å². The van der Waals surface area contributed by atoms with E-state index in [1.54, 1.807) is 11.3 Å². The summed E-state index contributed by atoms with van der Waals surface area (Å²) in [7, 11) is 0. The number of amides is 1. The van der Waals surface area contributed by atoms with Crippen molar-refractivity contribution in [2.24, 2.45) is 23.5 Å². The Hall–Kier alpha value is -0.100. The first-order valence-corrected chi connectivity index (χ1v) is 8.09. The lowest BCUT2D eigenvalue weighted by Crippen LogP contribution is -2.45. The molecule has 2 saturated carbocycles. The van der Waals surface area contributed by atoms with E-state index in [1.165, 1.54) is 17.7 Å². The molecule has 2 aliphatic carbocycles. The van der Waals surface area contributed by atoms with Crippen LogP contribution in [0.1, 0.15) is 24.1 Å². The SMILES string of the molecule is Cl.NC1C2CCC(C2)C1C(=O)NCc1sccc1Br. The summed E-state index contributed by atoms with van der Waals surface area (Å²) in [5.41, 5.74) is 6.18. The Bertz CT molecular complexity index is 465. The Kier molecular flexibility index (Phi) is 4.93. The van der Waals surface area contributed by atoms with E-state index in [2.05, 4.69) is 21.2 Å². The van der Waals surface area contributed by atoms with Crippen LogP contribution in [0.5, 0.6) is 0 Å². The van der Waals surface area contributed by atoms with E-state index in [0.717, 1.165) is 10.9 Å². The van der Waals surface area contributed by atoms with Crippen molar-refractivity contribution in [3.05, 3.63) is 20.8 Å². The summed E-state index contributed by atoms with van der Waals surface area (Å²) < 4.78 is 1.07. The van der Waals surface area contributed by atoms with E-state index in [-0.39, 0.29) is 30.3 Å². The molecule has 6 heteroatoms. The Labute approximate surface area is 131 Å². The van der Waals surface area contributed by atoms with Gasteiger partial charge in [-0.3, -0.25) is 4.79 Å². The van der Waals surface area contributed by atoms with Crippen molar-refractivity contribution in [1.29, 1.82) is 0 Å². The first-order chi connectivity index (χ1) is 8.66. The molecular formula is C13H18BrClN2OS. The summed E-state index contributed by atoms with van der Waals surface area (Å²) >= 11 is 5.14. The molecular weight excluding hydrogens is 348 g/mol. The molecule has 3 N–H and O–H groups in total. The number of rotatable bonds is 3. The average Bonchev–Trinajstić information content (AvgIpc) is 3.02. The molecule has 0 saturated heterocycles. The van der Waals surface area contributed by atoms with Crippen molar-refractivity contribution >= 4 is 45.6 Å². The van der Waals surface area contributed by atoms with Crippen LogP contribution in [0.4, 0.5) is 0 Å². The zero-order valence-electron chi connectivity index (χ0n) is 10.5. The molecule has 1 amide bonds. The second-order valence-electron chi connectivity index (χ2n) is 5.35. The smallest absolute Gasteiger partial charge is 0.225 e. The lowest BCUT2D eigenvalue weighted by molar-refractivity contribution is -0.127. The third-order valence-electron chi connectivity index (χ3n) is 4.40. The minimum Gasteiger partial charge on any atom is -0.351 e. The molecule has 0 radical (unpaired) electrons. The minimum atomic E-state index is 0. The molecule has 3 rings (SSSR count). The quantitative estimate of drug-likeness (QED) is 0.865. The number of hydrogen-bond acceptors (Lipinski definition) is 3. The summed E-state index contributed by atoms with van der Waals surface area (Å²) in [4.78, 5) is 13.4.